The molecule has 0 radical (unpaired) electrons. The quantitative estimate of drug-likeness (QED) is 0.713. The Hall–Kier alpha value is -1.89. The van der Waals surface area contributed by atoms with Crippen LogP contribution in [0.25, 0.3) is 16.9 Å². The van der Waals surface area contributed by atoms with Crippen LogP contribution in [0.3, 0.4) is 0 Å². The molecule has 5 heteroatoms. The van der Waals surface area contributed by atoms with E-state index in [1.807, 2.05) is 49.6 Å². The first kappa shape index (κ1) is 13.1. The summed E-state index contributed by atoms with van der Waals surface area (Å²) in [4.78, 5) is 0. The first-order valence-electron chi connectivity index (χ1n) is 6.23. The molecule has 1 heterocycles. The summed E-state index contributed by atoms with van der Waals surface area (Å²) in [5, 5.41) is 11.5. The van der Waals surface area contributed by atoms with Gasteiger partial charge >= 0.3 is 0 Å². The summed E-state index contributed by atoms with van der Waals surface area (Å²) >= 11 is 2.29. The highest BCUT2D eigenvalue weighted by atomic mass is 125. The molecular formula is C15H13IN4. The van der Waals surface area contributed by atoms with Gasteiger partial charge in [-0.1, -0.05) is 17.3 Å². The molecule has 0 aliphatic heterocycles. The van der Waals surface area contributed by atoms with E-state index in [0.29, 0.717) is 0 Å². The van der Waals surface area contributed by atoms with Crippen LogP contribution >= 0.6 is 22.6 Å². The monoisotopic (exact) mass is 374 g/mol. The van der Waals surface area contributed by atoms with Crippen LogP contribution in [0, 0.1) is 3.57 Å². The summed E-state index contributed by atoms with van der Waals surface area (Å²) in [6.45, 7) is 0. The van der Waals surface area contributed by atoms with E-state index in [4.69, 9.17) is 0 Å². The third kappa shape index (κ3) is 2.67. The zero-order chi connectivity index (χ0) is 13.9. The summed E-state index contributed by atoms with van der Waals surface area (Å²) in [5.74, 6) is 0. The van der Waals surface area contributed by atoms with E-state index in [9.17, 15) is 0 Å². The third-order valence-corrected chi connectivity index (χ3v) is 3.77. The van der Waals surface area contributed by atoms with E-state index >= 15 is 0 Å². The molecule has 0 amide bonds. The van der Waals surface area contributed by atoms with Gasteiger partial charge in [-0.3, -0.25) is 0 Å². The lowest BCUT2D eigenvalue weighted by Crippen LogP contribution is -1.94. The predicted octanol–water partition coefficient (Wildman–Crippen LogP) is 3.58. The van der Waals surface area contributed by atoms with E-state index in [1.165, 1.54) is 3.57 Å². The van der Waals surface area contributed by atoms with Crippen LogP contribution in [0.4, 0.5) is 5.69 Å². The molecule has 3 rings (SSSR count). The van der Waals surface area contributed by atoms with Gasteiger partial charge in [0.25, 0.3) is 0 Å². The van der Waals surface area contributed by atoms with Crippen molar-refractivity contribution >= 4 is 28.3 Å². The molecule has 0 aliphatic carbocycles. The lowest BCUT2D eigenvalue weighted by molar-refractivity contribution is 0.803. The Balaban J connectivity index is 1.91. The number of benzene rings is 2. The van der Waals surface area contributed by atoms with Crippen molar-refractivity contribution in [3.63, 3.8) is 0 Å². The first-order chi connectivity index (χ1) is 9.76. The number of aromatic nitrogens is 3. The third-order valence-electron chi connectivity index (χ3n) is 3.05. The van der Waals surface area contributed by atoms with E-state index in [-0.39, 0.29) is 0 Å². The number of hydrogen-bond donors (Lipinski definition) is 1. The molecule has 100 valence electrons. The summed E-state index contributed by atoms with van der Waals surface area (Å²) < 4.78 is 2.99. The van der Waals surface area contributed by atoms with Gasteiger partial charge in [-0.2, -0.15) is 0 Å². The second kappa shape index (κ2) is 5.62. The van der Waals surface area contributed by atoms with E-state index in [0.717, 1.165) is 22.6 Å². The van der Waals surface area contributed by atoms with Gasteiger partial charge in [0.15, 0.2) is 0 Å². The summed E-state index contributed by atoms with van der Waals surface area (Å²) in [7, 11) is 1.90. The van der Waals surface area contributed by atoms with Gasteiger partial charge in [0, 0.05) is 21.9 Å². The molecule has 0 saturated carbocycles. The molecule has 0 saturated heterocycles. The lowest BCUT2D eigenvalue weighted by atomic mass is 10.1. The maximum Gasteiger partial charge on any atom is 0.113 e. The smallest absolute Gasteiger partial charge is 0.113 e. The Morgan fingerprint density at radius 2 is 1.70 bits per heavy atom. The average molecular weight is 374 g/mol. The Labute approximate surface area is 131 Å². The Bertz CT molecular complexity index is 701. The van der Waals surface area contributed by atoms with Gasteiger partial charge in [0.05, 0.1) is 11.9 Å². The Morgan fingerprint density at radius 3 is 2.35 bits per heavy atom. The number of anilines is 1. The van der Waals surface area contributed by atoms with Crippen LogP contribution in [0.15, 0.2) is 54.7 Å². The molecule has 1 N–H and O–H groups in total. The number of halogens is 1. The average Bonchev–Trinajstić information content (AvgIpc) is 2.98. The zero-order valence-electron chi connectivity index (χ0n) is 10.9. The molecule has 2 aromatic carbocycles. The first-order valence-corrected chi connectivity index (χ1v) is 7.30. The normalized spacial score (nSPS) is 10.5. The fourth-order valence-electron chi connectivity index (χ4n) is 1.92. The van der Waals surface area contributed by atoms with Gasteiger partial charge in [0.2, 0.25) is 0 Å². The summed E-state index contributed by atoms with van der Waals surface area (Å²) in [6.07, 6.45) is 1.94. The van der Waals surface area contributed by atoms with Crippen molar-refractivity contribution in [3.8, 4) is 16.9 Å². The SMILES string of the molecule is CNc1ccc(-c2cn(-c3ccc([125I])cc3)nn2)cc1. The second-order valence-electron chi connectivity index (χ2n) is 4.35. The molecule has 0 fully saturated rings. The summed E-state index contributed by atoms with van der Waals surface area (Å²) in [6, 6.07) is 16.3. The van der Waals surface area contributed by atoms with Crippen molar-refractivity contribution < 1.29 is 0 Å². The minimum atomic E-state index is 0.867. The fraction of sp³-hybridized carbons (Fsp3) is 0.0667. The molecule has 0 unspecified atom stereocenters. The number of hydrogen-bond acceptors (Lipinski definition) is 3. The lowest BCUT2D eigenvalue weighted by Gasteiger charge is -2.01. The number of nitrogens with zero attached hydrogens (tertiary/aromatic N) is 3. The van der Waals surface area contributed by atoms with Crippen molar-refractivity contribution in [1.29, 1.82) is 0 Å². The minimum absolute atomic E-state index is 0.867. The Morgan fingerprint density at radius 1 is 1.00 bits per heavy atom. The van der Waals surface area contributed by atoms with Crippen LogP contribution in [-0.2, 0) is 0 Å². The molecular weight excluding hydrogens is 361 g/mol. The van der Waals surface area contributed by atoms with Crippen molar-refractivity contribution in [3.05, 3.63) is 58.3 Å². The number of rotatable bonds is 3. The highest BCUT2D eigenvalue weighted by Crippen LogP contribution is 2.20. The van der Waals surface area contributed by atoms with Crippen LogP contribution in [0.5, 0.6) is 0 Å². The zero-order valence-corrected chi connectivity index (χ0v) is 13.1. The van der Waals surface area contributed by atoms with E-state index in [1.54, 1.807) is 4.68 Å². The minimum Gasteiger partial charge on any atom is -0.388 e. The number of nitrogens with one attached hydrogen (secondary N) is 1. The molecule has 4 nitrogen and oxygen atoms in total. The van der Waals surface area contributed by atoms with E-state index < -0.39 is 0 Å². The van der Waals surface area contributed by atoms with Crippen LogP contribution in [0.2, 0.25) is 0 Å². The molecule has 20 heavy (non-hydrogen) atoms. The van der Waals surface area contributed by atoms with Crippen molar-refractivity contribution in [2.24, 2.45) is 0 Å². The predicted molar refractivity (Wildman–Crippen MR) is 89.1 cm³/mol. The van der Waals surface area contributed by atoms with Gasteiger partial charge in [0.1, 0.15) is 5.69 Å². The van der Waals surface area contributed by atoms with Crippen molar-refractivity contribution in [2.75, 3.05) is 12.4 Å². The van der Waals surface area contributed by atoms with Crippen LogP contribution < -0.4 is 5.32 Å². The van der Waals surface area contributed by atoms with Crippen molar-refractivity contribution in [2.45, 2.75) is 0 Å². The molecule has 0 bridgehead atoms. The highest BCUT2D eigenvalue weighted by molar-refractivity contribution is 14.1. The van der Waals surface area contributed by atoms with Gasteiger partial charge in [-0.05, 0) is 59.0 Å². The van der Waals surface area contributed by atoms with Crippen LogP contribution in [-0.4, -0.2) is 22.0 Å². The maximum atomic E-state index is 4.23. The second-order valence-corrected chi connectivity index (χ2v) is 5.60. The highest BCUT2D eigenvalue weighted by Gasteiger charge is 2.05. The van der Waals surface area contributed by atoms with Gasteiger partial charge in [-0.25, -0.2) is 4.68 Å². The fourth-order valence-corrected chi connectivity index (χ4v) is 2.28. The molecule has 1 aromatic heterocycles. The standard InChI is InChI=1S/C15H13IN4/c1-17-13-6-2-11(3-7-13)15-10-20(19-18-15)14-8-4-12(16)5-9-14/h2-10,17H,1H3/i16-2. The largest absolute Gasteiger partial charge is 0.388 e. The van der Waals surface area contributed by atoms with Crippen molar-refractivity contribution in [1.82, 2.24) is 15.0 Å². The van der Waals surface area contributed by atoms with Crippen LogP contribution in [0.1, 0.15) is 0 Å². The molecule has 0 aliphatic rings. The van der Waals surface area contributed by atoms with Gasteiger partial charge < -0.3 is 5.32 Å². The maximum absolute atomic E-state index is 4.23. The summed E-state index contributed by atoms with van der Waals surface area (Å²) in [5.41, 5.74) is 4.02. The molecule has 3 aromatic rings. The Kier molecular flexibility index (Phi) is 3.68. The molecule has 0 atom stereocenters. The topological polar surface area (TPSA) is 42.7 Å². The van der Waals surface area contributed by atoms with E-state index in [2.05, 4.69) is 50.4 Å². The molecule has 0 spiro atoms. The van der Waals surface area contributed by atoms with Gasteiger partial charge in [-0.15, -0.1) is 5.10 Å².